The molecule has 0 fully saturated rings. The molecule has 0 radical (unpaired) electrons. The van der Waals surface area contributed by atoms with Crippen LogP contribution in [0.2, 0.25) is 0 Å². The van der Waals surface area contributed by atoms with E-state index in [-0.39, 0.29) is 5.97 Å². The molecule has 0 N–H and O–H groups in total. The van der Waals surface area contributed by atoms with Gasteiger partial charge in [-0.1, -0.05) is 5.16 Å². The van der Waals surface area contributed by atoms with E-state index in [9.17, 15) is 4.79 Å². The fourth-order valence-corrected chi connectivity index (χ4v) is 2.44. The summed E-state index contributed by atoms with van der Waals surface area (Å²) in [5.74, 6) is 0.534. The Morgan fingerprint density at radius 3 is 3.06 bits per heavy atom. The lowest BCUT2D eigenvalue weighted by molar-refractivity contribution is -0.140. The van der Waals surface area contributed by atoms with Crippen molar-refractivity contribution in [3.63, 3.8) is 0 Å². The van der Waals surface area contributed by atoms with E-state index in [1.807, 2.05) is 13.0 Å². The minimum absolute atomic E-state index is 0.223. The van der Waals surface area contributed by atoms with Crippen molar-refractivity contribution in [2.75, 3.05) is 7.11 Å². The van der Waals surface area contributed by atoms with Crippen molar-refractivity contribution in [3.05, 3.63) is 28.8 Å². The molecule has 4 nitrogen and oxygen atoms in total. The summed E-state index contributed by atoms with van der Waals surface area (Å²) >= 11 is 1.61. The standard InChI is InChI=1S/C12H13NO3S/c1-8-5-10(17-7-8)12-9(6-13-16-12)3-4-11(14)15-2/h5-7H,3-4H2,1-2H3. The summed E-state index contributed by atoms with van der Waals surface area (Å²) in [4.78, 5) is 12.1. The topological polar surface area (TPSA) is 52.3 Å². The van der Waals surface area contributed by atoms with E-state index < -0.39 is 0 Å². The van der Waals surface area contributed by atoms with Gasteiger partial charge in [-0.25, -0.2) is 0 Å². The van der Waals surface area contributed by atoms with Crippen molar-refractivity contribution < 1.29 is 14.1 Å². The number of carbonyl (C=O) groups is 1. The van der Waals surface area contributed by atoms with Gasteiger partial charge in [0.25, 0.3) is 0 Å². The van der Waals surface area contributed by atoms with Crippen molar-refractivity contribution in [2.24, 2.45) is 0 Å². The highest BCUT2D eigenvalue weighted by molar-refractivity contribution is 7.13. The zero-order valence-corrected chi connectivity index (χ0v) is 10.5. The number of aromatic nitrogens is 1. The Morgan fingerprint density at radius 1 is 1.59 bits per heavy atom. The monoisotopic (exact) mass is 251 g/mol. The van der Waals surface area contributed by atoms with Gasteiger partial charge in [-0.2, -0.15) is 0 Å². The number of nitrogens with zero attached hydrogens (tertiary/aromatic N) is 1. The minimum atomic E-state index is -0.223. The Hall–Kier alpha value is -1.62. The lowest BCUT2D eigenvalue weighted by Gasteiger charge is -1.98. The third-order valence-electron chi connectivity index (χ3n) is 2.42. The maximum Gasteiger partial charge on any atom is 0.305 e. The number of rotatable bonds is 4. The van der Waals surface area contributed by atoms with Crippen molar-refractivity contribution in [1.29, 1.82) is 0 Å². The second kappa shape index (κ2) is 5.14. The molecule has 0 atom stereocenters. The van der Waals surface area contributed by atoms with Crippen LogP contribution in [0.4, 0.5) is 0 Å². The van der Waals surface area contributed by atoms with Gasteiger partial charge in [0.05, 0.1) is 18.2 Å². The molecular weight excluding hydrogens is 238 g/mol. The van der Waals surface area contributed by atoms with Gasteiger partial charge in [0.2, 0.25) is 0 Å². The van der Waals surface area contributed by atoms with E-state index in [0.29, 0.717) is 12.8 Å². The molecule has 0 aliphatic rings. The van der Waals surface area contributed by atoms with Crippen molar-refractivity contribution >= 4 is 17.3 Å². The van der Waals surface area contributed by atoms with Gasteiger partial charge in [0.1, 0.15) is 0 Å². The van der Waals surface area contributed by atoms with Crippen LogP contribution >= 0.6 is 11.3 Å². The number of methoxy groups -OCH3 is 1. The molecule has 17 heavy (non-hydrogen) atoms. The Kier molecular flexibility index (Phi) is 3.58. The molecule has 0 saturated carbocycles. The highest BCUT2D eigenvalue weighted by Crippen LogP contribution is 2.30. The smallest absolute Gasteiger partial charge is 0.305 e. The molecule has 0 amide bonds. The molecule has 0 unspecified atom stereocenters. The molecule has 0 saturated heterocycles. The number of esters is 1. The zero-order chi connectivity index (χ0) is 12.3. The molecule has 0 spiro atoms. The zero-order valence-electron chi connectivity index (χ0n) is 9.73. The van der Waals surface area contributed by atoms with E-state index in [2.05, 4.69) is 15.3 Å². The molecule has 0 aromatic carbocycles. The normalized spacial score (nSPS) is 10.5. The number of hydrogen-bond acceptors (Lipinski definition) is 5. The van der Waals surface area contributed by atoms with Crippen LogP contribution in [0.5, 0.6) is 0 Å². The Morgan fingerprint density at radius 2 is 2.41 bits per heavy atom. The molecule has 90 valence electrons. The first kappa shape index (κ1) is 11.9. The van der Waals surface area contributed by atoms with Crippen LogP contribution < -0.4 is 0 Å². The summed E-state index contributed by atoms with van der Waals surface area (Å²) < 4.78 is 9.85. The Bertz CT molecular complexity index is 515. The first-order chi connectivity index (χ1) is 8.20. The second-order valence-corrected chi connectivity index (χ2v) is 4.66. The van der Waals surface area contributed by atoms with Crippen LogP contribution in [0.15, 0.2) is 22.2 Å². The number of aryl methyl sites for hydroxylation is 2. The molecule has 0 bridgehead atoms. The van der Waals surface area contributed by atoms with Gasteiger partial charge in [0, 0.05) is 12.0 Å². The third kappa shape index (κ3) is 2.74. The molecule has 2 aromatic rings. The molecule has 2 heterocycles. The van der Waals surface area contributed by atoms with E-state index in [1.165, 1.54) is 12.7 Å². The molecule has 5 heteroatoms. The van der Waals surface area contributed by atoms with Crippen LogP contribution in [0.25, 0.3) is 10.6 Å². The van der Waals surface area contributed by atoms with Crippen LogP contribution in [-0.4, -0.2) is 18.2 Å². The van der Waals surface area contributed by atoms with Crippen LogP contribution in [0, 0.1) is 6.92 Å². The van der Waals surface area contributed by atoms with Crippen LogP contribution in [0.3, 0.4) is 0 Å². The fourth-order valence-electron chi connectivity index (χ4n) is 1.53. The Labute approximate surface area is 103 Å². The van der Waals surface area contributed by atoms with Gasteiger partial charge in [-0.3, -0.25) is 4.79 Å². The summed E-state index contributed by atoms with van der Waals surface area (Å²) in [5, 5.41) is 5.85. The first-order valence-electron chi connectivity index (χ1n) is 5.26. The molecule has 0 aliphatic carbocycles. The first-order valence-corrected chi connectivity index (χ1v) is 6.14. The fraction of sp³-hybridized carbons (Fsp3) is 0.333. The Balaban J connectivity index is 2.14. The van der Waals surface area contributed by atoms with E-state index in [4.69, 9.17) is 4.52 Å². The van der Waals surface area contributed by atoms with Gasteiger partial charge in [-0.15, -0.1) is 11.3 Å². The summed E-state index contributed by atoms with van der Waals surface area (Å²) in [7, 11) is 1.39. The predicted molar refractivity (Wildman–Crippen MR) is 64.9 cm³/mol. The molecule has 2 aromatic heterocycles. The average molecular weight is 251 g/mol. The number of hydrogen-bond donors (Lipinski definition) is 0. The van der Waals surface area contributed by atoms with Crippen LogP contribution in [0.1, 0.15) is 17.5 Å². The van der Waals surface area contributed by atoms with Gasteiger partial charge >= 0.3 is 5.97 Å². The third-order valence-corrected chi connectivity index (χ3v) is 3.47. The molecular formula is C12H13NO3S. The lowest BCUT2D eigenvalue weighted by Crippen LogP contribution is -2.01. The predicted octanol–water partition coefficient (Wildman–Crippen LogP) is 2.82. The minimum Gasteiger partial charge on any atom is -0.469 e. The van der Waals surface area contributed by atoms with Crippen LogP contribution in [-0.2, 0) is 16.0 Å². The highest BCUT2D eigenvalue weighted by Gasteiger charge is 2.13. The van der Waals surface area contributed by atoms with E-state index in [1.54, 1.807) is 17.5 Å². The molecule has 0 aliphatic heterocycles. The van der Waals surface area contributed by atoms with Gasteiger partial charge < -0.3 is 9.26 Å². The summed E-state index contributed by atoms with van der Waals surface area (Å²) in [6.07, 6.45) is 2.59. The maximum atomic E-state index is 11.1. The van der Waals surface area contributed by atoms with E-state index >= 15 is 0 Å². The number of carbonyl (C=O) groups excluding carboxylic acids is 1. The largest absolute Gasteiger partial charge is 0.469 e. The summed E-state index contributed by atoms with van der Waals surface area (Å²) in [6.45, 7) is 2.03. The summed E-state index contributed by atoms with van der Waals surface area (Å²) in [6, 6.07) is 2.05. The average Bonchev–Trinajstić information content (AvgIpc) is 2.93. The lowest BCUT2D eigenvalue weighted by atomic mass is 10.1. The molecule has 2 rings (SSSR count). The SMILES string of the molecule is COC(=O)CCc1cnoc1-c1cc(C)cs1. The van der Waals surface area contributed by atoms with Gasteiger partial charge in [-0.05, 0) is 30.4 Å². The van der Waals surface area contributed by atoms with E-state index in [0.717, 1.165) is 16.2 Å². The van der Waals surface area contributed by atoms with Crippen molar-refractivity contribution in [2.45, 2.75) is 19.8 Å². The number of thiophene rings is 1. The number of ether oxygens (including phenoxy) is 1. The summed E-state index contributed by atoms with van der Waals surface area (Å²) in [5.41, 5.74) is 2.14. The van der Waals surface area contributed by atoms with Crippen molar-refractivity contribution in [1.82, 2.24) is 5.16 Å². The second-order valence-electron chi connectivity index (χ2n) is 3.74. The maximum absolute atomic E-state index is 11.1. The van der Waals surface area contributed by atoms with Gasteiger partial charge in [0.15, 0.2) is 5.76 Å². The highest BCUT2D eigenvalue weighted by atomic mass is 32.1. The van der Waals surface area contributed by atoms with Crippen molar-refractivity contribution in [3.8, 4) is 10.6 Å². The quantitative estimate of drug-likeness (QED) is 0.784.